The van der Waals surface area contributed by atoms with Gasteiger partial charge in [0.25, 0.3) is 0 Å². The van der Waals surface area contributed by atoms with E-state index in [1.54, 1.807) is 0 Å². The molecule has 0 bridgehead atoms. The molecule has 0 radical (unpaired) electrons. The standard InChI is InChI=1S/C15H20O2/c1-11-6-12(2)8-13(7-11)9-15(16)14-4-3-5-17-10-14/h6-8,14H,3-5,9-10H2,1-2H3. The summed E-state index contributed by atoms with van der Waals surface area (Å²) in [5.41, 5.74) is 3.60. The van der Waals surface area contributed by atoms with E-state index in [1.807, 2.05) is 0 Å². The second-order valence-electron chi connectivity index (χ2n) is 5.05. The molecule has 0 saturated carbocycles. The second-order valence-corrected chi connectivity index (χ2v) is 5.05. The molecule has 17 heavy (non-hydrogen) atoms. The first-order chi connectivity index (χ1) is 8.15. The number of hydrogen-bond donors (Lipinski definition) is 0. The fraction of sp³-hybridized carbons (Fsp3) is 0.533. The van der Waals surface area contributed by atoms with Crippen molar-refractivity contribution in [2.24, 2.45) is 5.92 Å². The lowest BCUT2D eigenvalue weighted by Gasteiger charge is -2.20. The average Bonchev–Trinajstić information content (AvgIpc) is 2.28. The van der Waals surface area contributed by atoms with E-state index in [9.17, 15) is 4.79 Å². The normalized spacial score (nSPS) is 20.2. The van der Waals surface area contributed by atoms with Crippen LogP contribution in [0.25, 0.3) is 0 Å². The second kappa shape index (κ2) is 5.46. The van der Waals surface area contributed by atoms with Crippen molar-refractivity contribution < 1.29 is 9.53 Å². The minimum atomic E-state index is 0.115. The van der Waals surface area contributed by atoms with Gasteiger partial charge in [-0.1, -0.05) is 29.3 Å². The molecular formula is C15H20O2. The molecule has 0 aliphatic carbocycles. The minimum Gasteiger partial charge on any atom is -0.381 e. The molecule has 1 fully saturated rings. The van der Waals surface area contributed by atoms with Gasteiger partial charge in [0.1, 0.15) is 5.78 Å². The zero-order valence-electron chi connectivity index (χ0n) is 10.7. The van der Waals surface area contributed by atoms with Crippen molar-refractivity contribution in [3.63, 3.8) is 0 Å². The van der Waals surface area contributed by atoms with Crippen LogP contribution >= 0.6 is 0 Å². The molecule has 1 unspecified atom stereocenters. The fourth-order valence-electron chi connectivity index (χ4n) is 2.51. The molecule has 2 nitrogen and oxygen atoms in total. The first kappa shape index (κ1) is 12.3. The first-order valence-corrected chi connectivity index (χ1v) is 6.33. The molecule has 1 saturated heterocycles. The summed E-state index contributed by atoms with van der Waals surface area (Å²) in [6.45, 7) is 5.58. The molecule has 0 aromatic heterocycles. The molecule has 1 aliphatic rings. The van der Waals surface area contributed by atoms with Gasteiger partial charge in [0.2, 0.25) is 0 Å². The Bertz CT molecular complexity index is 383. The third-order valence-corrected chi connectivity index (χ3v) is 3.28. The van der Waals surface area contributed by atoms with Gasteiger partial charge in [0.05, 0.1) is 6.61 Å². The minimum absolute atomic E-state index is 0.115. The number of ether oxygens (including phenoxy) is 1. The molecule has 0 N–H and O–H groups in total. The van der Waals surface area contributed by atoms with Crippen LogP contribution in [-0.4, -0.2) is 19.0 Å². The zero-order valence-corrected chi connectivity index (χ0v) is 10.7. The quantitative estimate of drug-likeness (QED) is 0.801. The van der Waals surface area contributed by atoms with Gasteiger partial charge >= 0.3 is 0 Å². The van der Waals surface area contributed by atoms with E-state index in [-0.39, 0.29) is 5.92 Å². The van der Waals surface area contributed by atoms with Crippen LogP contribution in [0.15, 0.2) is 18.2 Å². The average molecular weight is 232 g/mol. The number of carbonyl (C=O) groups excluding carboxylic acids is 1. The summed E-state index contributed by atoms with van der Waals surface area (Å²) >= 11 is 0. The van der Waals surface area contributed by atoms with Crippen molar-refractivity contribution >= 4 is 5.78 Å². The number of ketones is 1. The van der Waals surface area contributed by atoms with Gasteiger partial charge in [-0.25, -0.2) is 0 Å². The maximum Gasteiger partial charge on any atom is 0.142 e. The molecule has 1 atom stereocenters. The fourth-order valence-corrected chi connectivity index (χ4v) is 2.51. The van der Waals surface area contributed by atoms with E-state index in [1.165, 1.54) is 11.1 Å². The number of Topliss-reactive ketones (excluding diaryl/α,β-unsaturated/α-hetero) is 1. The topological polar surface area (TPSA) is 26.3 Å². The van der Waals surface area contributed by atoms with Gasteiger partial charge in [-0.2, -0.15) is 0 Å². The van der Waals surface area contributed by atoms with Gasteiger partial charge in [0.15, 0.2) is 0 Å². The molecule has 2 heteroatoms. The number of benzene rings is 1. The Morgan fingerprint density at radius 3 is 2.59 bits per heavy atom. The Hall–Kier alpha value is -1.15. The molecule has 1 aromatic rings. The largest absolute Gasteiger partial charge is 0.381 e. The Morgan fingerprint density at radius 1 is 1.29 bits per heavy atom. The lowest BCUT2D eigenvalue weighted by Crippen LogP contribution is -2.26. The van der Waals surface area contributed by atoms with Gasteiger partial charge in [-0.3, -0.25) is 4.79 Å². The summed E-state index contributed by atoms with van der Waals surface area (Å²) in [7, 11) is 0. The Labute approximate surface area is 103 Å². The summed E-state index contributed by atoms with van der Waals surface area (Å²) in [6.07, 6.45) is 2.56. The van der Waals surface area contributed by atoms with E-state index in [4.69, 9.17) is 4.74 Å². The van der Waals surface area contributed by atoms with Gasteiger partial charge in [-0.15, -0.1) is 0 Å². The predicted octanol–water partition coefficient (Wildman–Crippen LogP) is 2.84. The number of aryl methyl sites for hydroxylation is 2. The maximum atomic E-state index is 12.1. The molecule has 92 valence electrons. The van der Waals surface area contributed by atoms with E-state index < -0.39 is 0 Å². The van der Waals surface area contributed by atoms with Crippen LogP contribution in [0, 0.1) is 19.8 Å². The predicted molar refractivity (Wildman–Crippen MR) is 68.2 cm³/mol. The molecule has 1 heterocycles. The van der Waals surface area contributed by atoms with E-state index >= 15 is 0 Å². The van der Waals surface area contributed by atoms with Crippen LogP contribution in [0.1, 0.15) is 29.5 Å². The van der Waals surface area contributed by atoms with Crippen molar-refractivity contribution in [1.82, 2.24) is 0 Å². The summed E-state index contributed by atoms with van der Waals surface area (Å²) in [5.74, 6) is 0.444. The SMILES string of the molecule is Cc1cc(C)cc(CC(=O)C2CCCOC2)c1. The van der Waals surface area contributed by atoms with Crippen LogP contribution in [0.4, 0.5) is 0 Å². The molecule has 2 rings (SSSR count). The molecular weight excluding hydrogens is 212 g/mol. The molecule has 1 aromatic carbocycles. The maximum absolute atomic E-state index is 12.1. The highest BCUT2D eigenvalue weighted by molar-refractivity contribution is 5.83. The summed E-state index contributed by atoms with van der Waals surface area (Å²) in [5, 5.41) is 0. The van der Waals surface area contributed by atoms with Crippen LogP contribution in [-0.2, 0) is 16.0 Å². The monoisotopic (exact) mass is 232 g/mol. The van der Waals surface area contributed by atoms with Crippen molar-refractivity contribution in [2.45, 2.75) is 33.1 Å². The summed E-state index contributed by atoms with van der Waals surface area (Å²) in [6, 6.07) is 6.35. The van der Waals surface area contributed by atoms with Crippen molar-refractivity contribution in [2.75, 3.05) is 13.2 Å². The van der Waals surface area contributed by atoms with Crippen molar-refractivity contribution in [1.29, 1.82) is 0 Å². The Kier molecular flexibility index (Phi) is 3.95. The summed E-state index contributed by atoms with van der Waals surface area (Å²) in [4.78, 5) is 12.1. The Morgan fingerprint density at radius 2 is 2.00 bits per heavy atom. The van der Waals surface area contributed by atoms with Crippen molar-refractivity contribution in [3.8, 4) is 0 Å². The highest BCUT2D eigenvalue weighted by atomic mass is 16.5. The Balaban J connectivity index is 2.01. The molecule has 1 aliphatic heterocycles. The smallest absolute Gasteiger partial charge is 0.142 e. The zero-order chi connectivity index (χ0) is 12.3. The lowest BCUT2D eigenvalue weighted by molar-refractivity contribution is -0.126. The van der Waals surface area contributed by atoms with Crippen LogP contribution < -0.4 is 0 Å². The van der Waals surface area contributed by atoms with Crippen LogP contribution in [0.5, 0.6) is 0 Å². The van der Waals surface area contributed by atoms with Crippen LogP contribution in [0.3, 0.4) is 0 Å². The first-order valence-electron chi connectivity index (χ1n) is 6.33. The van der Waals surface area contributed by atoms with Gasteiger partial charge in [0, 0.05) is 18.9 Å². The van der Waals surface area contributed by atoms with Gasteiger partial charge < -0.3 is 4.74 Å². The highest BCUT2D eigenvalue weighted by Crippen LogP contribution is 2.18. The third-order valence-electron chi connectivity index (χ3n) is 3.28. The molecule has 0 spiro atoms. The molecule has 0 amide bonds. The van der Waals surface area contributed by atoms with E-state index in [2.05, 4.69) is 32.0 Å². The lowest BCUT2D eigenvalue weighted by atomic mass is 9.92. The number of rotatable bonds is 3. The van der Waals surface area contributed by atoms with E-state index in [0.717, 1.165) is 25.0 Å². The van der Waals surface area contributed by atoms with Crippen molar-refractivity contribution in [3.05, 3.63) is 34.9 Å². The van der Waals surface area contributed by atoms with Crippen LogP contribution in [0.2, 0.25) is 0 Å². The van der Waals surface area contributed by atoms with Gasteiger partial charge in [-0.05, 0) is 32.3 Å². The third kappa shape index (κ3) is 3.40. The number of carbonyl (C=O) groups is 1. The highest BCUT2D eigenvalue weighted by Gasteiger charge is 2.21. The number of hydrogen-bond acceptors (Lipinski definition) is 2. The summed E-state index contributed by atoms with van der Waals surface area (Å²) < 4.78 is 5.37. The van der Waals surface area contributed by atoms with E-state index in [0.29, 0.717) is 18.8 Å².